The Labute approximate surface area is 98.1 Å². The highest BCUT2D eigenvalue weighted by molar-refractivity contribution is 7.13. The molecule has 0 aliphatic heterocycles. The molecule has 16 heavy (non-hydrogen) atoms. The Kier molecular flexibility index (Phi) is 3.63. The number of aromatic amines is 1. The molecule has 0 fully saturated rings. The van der Waals surface area contributed by atoms with Crippen molar-refractivity contribution in [2.24, 2.45) is 5.73 Å². The van der Waals surface area contributed by atoms with Gasteiger partial charge in [0.1, 0.15) is 6.33 Å². The van der Waals surface area contributed by atoms with E-state index in [1.165, 1.54) is 6.33 Å². The van der Waals surface area contributed by atoms with Crippen molar-refractivity contribution < 1.29 is 0 Å². The smallest absolute Gasteiger partial charge is 0.184 e. The number of aromatic nitrogens is 4. The summed E-state index contributed by atoms with van der Waals surface area (Å²) in [6.07, 6.45) is 4.76. The van der Waals surface area contributed by atoms with Crippen LogP contribution in [0.1, 0.15) is 37.9 Å². The summed E-state index contributed by atoms with van der Waals surface area (Å²) in [7, 11) is 0. The van der Waals surface area contributed by atoms with Gasteiger partial charge in [-0.2, -0.15) is 5.10 Å². The first-order chi connectivity index (χ1) is 7.81. The van der Waals surface area contributed by atoms with Crippen LogP contribution in [0.3, 0.4) is 0 Å². The molecule has 0 saturated heterocycles. The van der Waals surface area contributed by atoms with Gasteiger partial charge in [-0.25, -0.2) is 9.97 Å². The van der Waals surface area contributed by atoms with E-state index in [0.717, 1.165) is 30.0 Å². The zero-order valence-electron chi connectivity index (χ0n) is 9.18. The van der Waals surface area contributed by atoms with Gasteiger partial charge < -0.3 is 5.73 Å². The van der Waals surface area contributed by atoms with Crippen molar-refractivity contribution in [3.8, 4) is 10.8 Å². The molecule has 1 atom stereocenters. The lowest BCUT2D eigenvalue weighted by molar-refractivity contribution is 0.593. The van der Waals surface area contributed by atoms with E-state index in [-0.39, 0.29) is 6.04 Å². The molecule has 1 unspecified atom stereocenters. The molecule has 6 heteroatoms. The highest BCUT2D eigenvalue weighted by Gasteiger charge is 2.12. The SMILES string of the molecule is CCCCC(N)c1csc(-c2ncn[nH]2)n1. The molecule has 2 aromatic heterocycles. The van der Waals surface area contributed by atoms with E-state index in [0.29, 0.717) is 5.82 Å². The van der Waals surface area contributed by atoms with Crippen LogP contribution in [0.25, 0.3) is 10.8 Å². The van der Waals surface area contributed by atoms with Gasteiger partial charge in [0, 0.05) is 11.4 Å². The van der Waals surface area contributed by atoms with Gasteiger partial charge in [-0.1, -0.05) is 19.8 Å². The molecular formula is C10H15N5S. The van der Waals surface area contributed by atoms with E-state index in [9.17, 15) is 0 Å². The molecule has 0 amide bonds. The van der Waals surface area contributed by atoms with Crippen molar-refractivity contribution >= 4 is 11.3 Å². The van der Waals surface area contributed by atoms with Crippen LogP contribution in [0.5, 0.6) is 0 Å². The quantitative estimate of drug-likeness (QED) is 0.834. The van der Waals surface area contributed by atoms with Crippen molar-refractivity contribution in [1.29, 1.82) is 0 Å². The first kappa shape index (κ1) is 11.2. The van der Waals surface area contributed by atoms with E-state index in [1.54, 1.807) is 11.3 Å². The third kappa shape index (κ3) is 2.45. The Hall–Kier alpha value is -1.27. The molecule has 2 heterocycles. The molecule has 3 N–H and O–H groups in total. The van der Waals surface area contributed by atoms with Crippen molar-refractivity contribution in [1.82, 2.24) is 20.2 Å². The molecule has 0 radical (unpaired) electrons. The minimum Gasteiger partial charge on any atom is -0.323 e. The van der Waals surface area contributed by atoms with E-state index in [1.807, 2.05) is 5.38 Å². The minimum atomic E-state index is 0.0351. The van der Waals surface area contributed by atoms with Gasteiger partial charge in [0.25, 0.3) is 0 Å². The number of H-pyrrole nitrogens is 1. The summed E-state index contributed by atoms with van der Waals surface area (Å²) >= 11 is 1.54. The summed E-state index contributed by atoms with van der Waals surface area (Å²) in [6.45, 7) is 2.16. The number of hydrogen-bond acceptors (Lipinski definition) is 5. The fourth-order valence-corrected chi connectivity index (χ4v) is 2.27. The minimum absolute atomic E-state index is 0.0351. The number of rotatable bonds is 5. The summed E-state index contributed by atoms with van der Waals surface area (Å²) in [5.41, 5.74) is 6.99. The maximum absolute atomic E-state index is 6.05. The predicted molar refractivity (Wildman–Crippen MR) is 63.9 cm³/mol. The molecule has 2 rings (SSSR count). The third-order valence-electron chi connectivity index (χ3n) is 2.39. The standard InChI is InChI=1S/C10H15N5S/c1-2-3-4-7(11)8-5-16-10(14-8)9-12-6-13-15-9/h5-7H,2-4,11H2,1H3,(H,12,13,15). The fraction of sp³-hybridized carbons (Fsp3) is 0.500. The number of nitrogens with two attached hydrogens (primary N) is 1. The summed E-state index contributed by atoms with van der Waals surface area (Å²) in [6, 6.07) is 0.0351. The Morgan fingerprint density at radius 2 is 2.44 bits per heavy atom. The Bertz CT molecular complexity index is 422. The number of unbranched alkanes of at least 4 members (excludes halogenated alkanes) is 1. The van der Waals surface area contributed by atoms with Crippen molar-refractivity contribution in [2.45, 2.75) is 32.2 Å². The second kappa shape index (κ2) is 5.18. The van der Waals surface area contributed by atoms with Crippen molar-refractivity contribution in [3.05, 3.63) is 17.4 Å². The van der Waals surface area contributed by atoms with Crippen LogP contribution in [0.15, 0.2) is 11.7 Å². The number of nitrogens with one attached hydrogen (secondary N) is 1. The van der Waals surface area contributed by atoms with E-state index in [2.05, 4.69) is 27.1 Å². The molecule has 0 aliphatic rings. The second-order valence-electron chi connectivity index (χ2n) is 3.66. The summed E-state index contributed by atoms with van der Waals surface area (Å²) < 4.78 is 0. The van der Waals surface area contributed by atoms with Gasteiger partial charge in [-0.3, -0.25) is 5.10 Å². The topological polar surface area (TPSA) is 80.5 Å². The molecule has 0 bridgehead atoms. The number of hydrogen-bond donors (Lipinski definition) is 2. The van der Waals surface area contributed by atoms with Crippen molar-refractivity contribution in [3.63, 3.8) is 0 Å². The summed E-state index contributed by atoms with van der Waals surface area (Å²) in [4.78, 5) is 8.53. The summed E-state index contributed by atoms with van der Waals surface area (Å²) in [5, 5.41) is 9.44. The predicted octanol–water partition coefficient (Wildman–Crippen LogP) is 2.12. The lowest BCUT2D eigenvalue weighted by Crippen LogP contribution is -2.10. The Morgan fingerprint density at radius 3 is 3.12 bits per heavy atom. The van der Waals surface area contributed by atoms with Crippen LogP contribution in [0, 0.1) is 0 Å². The average molecular weight is 237 g/mol. The fourth-order valence-electron chi connectivity index (χ4n) is 1.45. The van der Waals surface area contributed by atoms with Gasteiger partial charge in [-0.05, 0) is 6.42 Å². The largest absolute Gasteiger partial charge is 0.323 e. The molecule has 5 nitrogen and oxygen atoms in total. The Balaban J connectivity index is 2.07. The van der Waals surface area contributed by atoms with Gasteiger partial charge >= 0.3 is 0 Å². The molecule has 0 spiro atoms. The van der Waals surface area contributed by atoms with Crippen LogP contribution < -0.4 is 5.73 Å². The normalized spacial score (nSPS) is 12.9. The lowest BCUT2D eigenvalue weighted by Gasteiger charge is -2.06. The number of thiazole rings is 1. The van der Waals surface area contributed by atoms with E-state index in [4.69, 9.17) is 5.73 Å². The third-order valence-corrected chi connectivity index (χ3v) is 3.26. The average Bonchev–Trinajstić information content (AvgIpc) is 2.94. The highest BCUT2D eigenvalue weighted by atomic mass is 32.1. The first-order valence-corrected chi connectivity index (χ1v) is 6.26. The number of nitrogens with zero attached hydrogens (tertiary/aromatic N) is 3. The first-order valence-electron chi connectivity index (χ1n) is 5.38. The molecule has 0 saturated carbocycles. The van der Waals surface area contributed by atoms with Crippen LogP contribution >= 0.6 is 11.3 Å². The zero-order valence-corrected chi connectivity index (χ0v) is 10.00. The van der Waals surface area contributed by atoms with E-state index < -0.39 is 0 Å². The maximum Gasteiger partial charge on any atom is 0.184 e. The van der Waals surface area contributed by atoms with Crippen LogP contribution in [0.2, 0.25) is 0 Å². The van der Waals surface area contributed by atoms with Crippen LogP contribution in [-0.4, -0.2) is 20.2 Å². The monoisotopic (exact) mass is 237 g/mol. The zero-order chi connectivity index (χ0) is 11.4. The van der Waals surface area contributed by atoms with Gasteiger partial charge in [0.05, 0.1) is 5.69 Å². The van der Waals surface area contributed by atoms with Crippen molar-refractivity contribution in [2.75, 3.05) is 0 Å². The molecule has 2 aromatic rings. The van der Waals surface area contributed by atoms with E-state index >= 15 is 0 Å². The molecular weight excluding hydrogens is 222 g/mol. The van der Waals surface area contributed by atoms with Crippen LogP contribution in [0.4, 0.5) is 0 Å². The second-order valence-corrected chi connectivity index (χ2v) is 4.52. The molecule has 0 aliphatic carbocycles. The maximum atomic E-state index is 6.05. The molecule has 0 aromatic carbocycles. The molecule has 86 valence electrons. The van der Waals surface area contributed by atoms with Gasteiger partial charge in [0.2, 0.25) is 0 Å². The Morgan fingerprint density at radius 1 is 1.56 bits per heavy atom. The van der Waals surface area contributed by atoms with Crippen LogP contribution in [-0.2, 0) is 0 Å². The van der Waals surface area contributed by atoms with Gasteiger partial charge in [0.15, 0.2) is 10.8 Å². The van der Waals surface area contributed by atoms with Gasteiger partial charge in [-0.15, -0.1) is 11.3 Å². The summed E-state index contributed by atoms with van der Waals surface area (Å²) in [5.74, 6) is 0.707. The highest BCUT2D eigenvalue weighted by Crippen LogP contribution is 2.24. The lowest BCUT2D eigenvalue weighted by atomic mass is 10.1.